The monoisotopic (exact) mass is 406 g/mol. The van der Waals surface area contributed by atoms with Gasteiger partial charge in [-0.05, 0) is 38.8 Å². The molecule has 0 aromatic heterocycles. The Morgan fingerprint density at radius 1 is 1.39 bits per heavy atom. The minimum absolute atomic E-state index is 0.178. The number of sulfonamides is 1. The van der Waals surface area contributed by atoms with E-state index < -0.39 is 15.6 Å². The van der Waals surface area contributed by atoms with Crippen molar-refractivity contribution in [2.24, 2.45) is 4.99 Å². The molecule has 1 saturated heterocycles. The fraction of sp³-hybridized carbons (Fsp3) is 0.579. The van der Waals surface area contributed by atoms with Crippen molar-refractivity contribution >= 4 is 21.7 Å². The number of piperidine rings is 1. The van der Waals surface area contributed by atoms with E-state index in [2.05, 4.69) is 31.3 Å². The number of para-hydroxylation sites is 1. The maximum atomic E-state index is 11.5. The summed E-state index contributed by atoms with van der Waals surface area (Å²) in [4.78, 5) is 6.48. The summed E-state index contributed by atoms with van der Waals surface area (Å²) in [5.74, 6) is 0.629. The van der Waals surface area contributed by atoms with Gasteiger partial charge in [-0.2, -0.15) is 5.26 Å². The van der Waals surface area contributed by atoms with Gasteiger partial charge in [0.15, 0.2) is 5.96 Å². The zero-order valence-electron chi connectivity index (χ0n) is 17.0. The molecule has 1 fully saturated rings. The number of benzene rings is 1. The van der Waals surface area contributed by atoms with Crippen molar-refractivity contribution in [3.63, 3.8) is 0 Å². The van der Waals surface area contributed by atoms with E-state index in [1.54, 1.807) is 7.05 Å². The van der Waals surface area contributed by atoms with Crippen molar-refractivity contribution in [1.82, 2.24) is 15.4 Å². The number of hydrogen-bond acceptors (Lipinski definition) is 5. The van der Waals surface area contributed by atoms with E-state index in [9.17, 15) is 13.7 Å². The third-order valence-electron chi connectivity index (χ3n) is 4.51. The molecule has 154 valence electrons. The predicted octanol–water partition coefficient (Wildman–Crippen LogP) is 1.02. The fourth-order valence-corrected chi connectivity index (χ4v) is 4.46. The van der Waals surface area contributed by atoms with Gasteiger partial charge in [0, 0.05) is 38.3 Å². The first-order chi connectivity index (χ1) is 13.1. The highest BCUT2D eigenvalue weighted by molar-refractivity contribution is 7.88. The Labute approximate surface area is 168 Å². The lowest BCUT2D eigenvalue weighted by molar-refractivity contribution is 0.436. The van der Waals surface area contributed by atoms with Crippen LogP contribution in [0.4, 0.5) is 5.69 Å². The molecule has 3 N–H and O–H groups in total. The molecule has 1 aliphatic heterocycles. The van der Waals surface area contributed by atoms with Crippen LogP contribution in [-0.4, -0.2) is 58.9 Å². The van der Waals surface area contributed by atoms with E-state index >= 15 is 0 Å². The standard InChI is InChI=1S/C19H30N6O2S/c1-19(2,24-28(4,26)27)14-22-18(21-3)23-16-9-7-11-25(13-16)17-10-6-5-8-15(17)12-20/h5-6,8,10,16,24H,7,9,11,13-14H2,1-4H3,(H2,21,22,23). The molecule has 0 aliphatic carbocycles. The third-order valence-corrected chi connectivity index (χ3v) is 5.43. The van der Waals surface area contributed by atoms with Crippen LogP contribution in [0.5, 0.6) is 0 Å². The minimum Gasteiger partial charge on any atom is -0.368 e. The van der Waals surface area contributed by atoms with Crippen molar-refractivity contribution in [2.75, 3.05) is 37.8 Å². The van der Waals surface area contributed by atoms with Crippen LogP contribution in [0.1, 0.15) is 32.3 Å². The molecule has 1 heterocycles. The van der Waals surface area contributed by atoms with Crippen LogP contribution in [0, 0.1) is 11.3 Å². The molecule has 1 aromatic carbocycles. The lowest BCUT2D eigenvalue weighted by Crippen LogP contribution is -2.56. The normalized spacial score (nSPS) is 18.5. The smallest absolute Gasteiger partial charge is 0.209 e. The van der Waals surface area contributed by atoms with E-state index in [-0.39, 0.29) is 6.04 Å². The third kappa shape index (κ3) is 6.69. The second-order valence-electron chi connectivity index (χ2n) is 7.74. The average molecular weight is 407 g/mol. The van der Waals surface area contributed by atoms with Crippen molar-refractivity contribution in [3.05, 3.63) is 29.8 Å². The summed E-state index contributed by atoms with van der Waals surface area (Å²) < 4.78 is 25.6. The summed E-state index contributed by atoms with van der Waals surface area (Å²) in [6.07, 6.45) is 3.16. The van der Waals surface area contributed by atoms with Gasteiger partial charge < -0.3 is 15.5 Å². The molecule has 28 heavy (non-hydrogen) atoms. The second-order valence-corrected chi connectivity index (χ2v) is 9.49. The molecule has 0 spiro atoms. The van der Waals surface area contributed by atoms with Crippen LogP contribution in [0.2, 0.25) is 0 Å². The Morgan fingerprint density at radius 3 is 2.75 bits per heavy atom. The topological polar surface area (TPSA) is 110 Å². The average Bonchev–Trinajstić information content (AvgIpc) is 2.63. The number of hydrogen-bond donors (Lipinski definition) is 3. The lowest BCUT2D eigenvalue weighted by atomic mass is 10.0. The zero-order chi connectivity index (χ0) is 20.8. The van der Waals surface area contributed by atoms with Crippen molar-refractivity contribution in [1.29, 1.82) is 5.26 Å². The molecule has 0 radical (unpaired) electrons. The quantitative estimate of drug-likeness (QED) is 0.481. The molecular weight excluding hydrogens is 376 g/mol. The van der Waals surface area contributed by atoms with Crippen molar-refractivity contribution in [3.8, 4) is 6.07 Å². The van der Waals surface area contributed by atoms with Gasteiger partial charge in [0.2, 0.25) is 10.0 Å². The number of nitrogens with one attached hydrogen (secondary N) is 3. The van der Waals surface area contributed by atoms with Gasteiger partial charge in [-0.25, -0.2) is 13.1 Å². The van der Waals surface area contributed by atoms with Crippen LogP contribution in [0.25, 0.3) is 0 Å². The molecule has 0 saturated carbocycles. The predicted molar refractivity (Wildman–Crippen MR) is 113 cm³/mol. The molecule has 1 unspecified atom stereocenters. The highest BCUT2D eigenvalue weighted by Crippen LogP contribution is 2.23. The maximum absolute atomic E-state index is 11.5. The van der Waals surface area contributed by atoms with E-state index in [1.807, 2.05) is 38.1 Å². The first-order valence-electron chi connectivity index (χ1n) is 9.34. The number of nitriles is 1. The molecule has 0 amide bonds. The molecule has 2 rings (SSSR count). The number of anilines is 1. The van der Waals surface area contributed by atoms with Crippen molar-refractivity contribution in [2.45, 2.75) is 38.3 Å². The van der Waals surface area contributed by atoms with E-state index in [0.717, 1.165) is 37.9 Å². The second kappa shape index (κ2) is 9.26. The molecule has 0 bridgehead atoms. The molecule has 8 nitrogen and oxygen atoms in total. The Morgan fingerprint density at radius 2 is 2.11 bits per heavy atom. The van der Waals surface area contributed by atoms with Crippen LogP contribution < -0.4 is 20.3 Å². The largest absolute Gasteiger partial charge is 0.368 e. The summed E-state index contributed by atoms with van der Waals surface area (Å²) in [6.45, 7) is 5.71. The Kier molecular flexibility index (Phi) is 7.27. The number of guanidine groups is 1. The number of nitrogens with zero attached hydrogens (tertiary/aromatic N) is 3. The van der Waals surface area contributed by atoms with Crippen LogP contribution in [0.15, 0.2) is 29.3 Å². The maximum Gasteiger partial charge on any atom is 0.209 e. The van der Waals surface area contributed by atoms with Gasteiger partial charge in [0.1, 0.15) is 6.07 Å². The SMILES string of the molecule is CN=C(NCC(C)(C)NS(C)(=O)=O)NC1CCCN(c2ccccc2C#N)C1. The van der Waals surface area contributed by atoms with Crippen molar-refractivity contribution < 1.29 is 8.42 Å². The van der Waals surface area contributed by atoms with Crippen LogP contribution in [-0.2, 0) is 10.0 Å². The summed E-state index contributed by atoms with van der Waals surface area (Å²) in [5.41, 5.74) is 0.993. The highest BCUT2D eigenvalue weighted by Gasteiger charge is 2.25. The molecule has 1 aromatic rings. The van der Waals surface area contributed by atoms with Gasteiger partial charge in [-0.15, -0.1) is 0 Å². The summed E-state index contributed by atoms with van der Waals surface area (Å²) >= 11 is 0. The molecule has 1 atom stereocenters. The fourth-order valence-electron chi connectivity index (χ4n) is 3.39. The van der Waals surface area contributed by atoms with E-state index in [4.69, 9.17) is 0 Å². The number of aliphatic imine (C=N–C) groups is 1. The number of rotatable bonds is 6. The summed E-state index contributed by atoms with van der Waals surface area (Å²) in [7, 11) is -1.60. The molecular formula is C19H30N6O2S. The van der Waals surface area contributed by atoms with E-state index in [1.165, 1.54) is 0 Å². The first kappa shape index (κ1) is 22.0. The zero-order valence-corrected chi connectivity index (χ0v) is 17.8. The Bertz CT molecular complexity index is 844. The van der Waals surface area contributed by atoms with Gasteiger partial charge in [0.25, 0.3) is 0 Å². The summed E-state index contributed by atoms with van der Waals surface area (Å²) in [6, 6.07) is 10.1. The Hall–Kier alpha value is -2.31. The lowest BCUT2D eigenvalue weighted by Gasteiger charge is -2.36. The summed E-state index contributed by atoms with van der Waals surface area (Å²) in [5, 5.41) is 16.0. The molecule has 9 heteroatoms. The van der Waals surface area contributed by atoms with Gasteiger partial charge >= 0.3 is 0 Å². The van der Waals surface area contributed by atoms with Crippen LogP contribution in [0.3, 0.4) is 0 Å². The van der Waals surface area contributed by atoms with E-state index in [0.29, 0.717) is 18.1 Å². The first-order valence-corrected chi connectivity index (χ1v) is 11.2. The highest BCUT2D eigenvalue weighted by atomic mass is 32.2. The minimum atomic E-state index is -3.29. The molecule has 1 aliphatic rings. The van der Waals surface area contributed by atoms with Gasteiger partial charge in [-0.1, -0.05) is 12.1 Å². The Balaban J connectivity index is 1.97. The van der Waals surface area contributed by atoms with Gasteiger partial charge in [-0.3, -0.25) is 4.99 Å². The van der Waals surface area contributed by atoms with Gasteiger partial charge in [0.05, 0.1) is 17.5 Å². The van der Waals surface area contributed by atoms with Crippen LogP contribution >= 0.6 is 0 Å².